The zero-order chi connectivity index (χ0) is 26.9. The van der Waals surface area contributed by atoms with Crippen molar-refractivity contribution in [2.75, 3.05) is 32.8 Å². The quantitative estimate of drug-likeness (QED) is 0.268. The van der Waals surface area contributed by atoms with E-state index in [1.165, 1.54) is 18.9 Å². The van der Waals surface area contributed by atoms with Gasteiger partial charge in [-0.15, -0.1) is 0 Å². The van der Waals surface area contributed by atoms with Crippen LogP contribution in [-0.2, 0) is 6.42 Å². The van der Waals surface area contributed by atoms with Crippen molar-refractivity contribution in [3.63, 3.8) is 0 Å². The summed E-state index contributed by atoms with van der Waals surface area (Å²) < 4.78 is 20.7. The van der Waals surface area contributed by atoms with Crippen molar-refractivity contribution < 1.29 is 9.13 Å². The molecule has 3 aromatic heterocycles. The van der Waals surface area contributed by atoms with Crippen LogP contribution in [0, 0.1) is 5.82 Å². The molecule has 0 amide bonds. The standard InChI is InChI=1S/C33H30FN5O/c34-29-8-2-1-6-26(29)25-7-5-9-30-28(25)18-32(38-30)33-27-17-31(37-20-22(27)10-11-36-33)23-16-24(21-35-19-23)40-15-14-39-12-3-4-13-39/h1-2,5-9,16-21,38H,3-4,10-15H2. The lowest BCUT2D eigenvalue weighted by Gasteiger charge is -2.17. The third kappa shape index (κ3) is 4.77. The molecule has 2 aliphatic heterocycles. The summed E-state index contributed by atoms with van der Waals surface area (Å²) >= 11 is 0. The number of benzene rings is 2. The molecule has 0 aliphatic carbocycles. The average molecular weight is 532 g/mol. The van der Waals surface area contributed by atoms with E-state index in [2.05, 4.69) is 27.0 Å². The minimum absolute atomic E-state index is 0.232. The van der Waals surface area contributed by atoms with Gasteiger partial charge in [0.25, 0.3) is 0 Å². The Hall–Kier alpha value is -4.36. The molecular weight excluding hydrogens is 501 g/mol. The van der Waals surface area contributed by atoms with E-state index in [1.807, 2.05) is 48.8 Å². The zero-order valence-corrected chi connectivity index (χ0v) is 22.2. The summed E-state index contributed by atoms with van der Waals surface area (Å²) in [5.74, 6) is 0.520. The largest absolute Gasteiger partial charge is 0.491 e. The number of hydrogen-bond donors (Lipinski definition) is 1. The Morgan fingerprint density at radius 1 is 0.900 bits per heavy atom. The number of aliphatic imine (C=N–C) groups is 1. The van der Waals surface area contributed by atoms with Gasteiger partial charge in [0.1, 0.15) is 18.2 Å². The van der Waals surface area contributed by atoms with Crippen molar-refractivity contribution in [1.29, 1.82) is 0 Å². The first kappa shape index (κ1) is 24.7. The number of pyridine rings is 2. The summed E-state index contributed by atoms with van der Waals surface area (Å²) in [5.41, 5.74) is 8.15. The van der Waals surface area contributed by atoms with Crippen LogP contribution in [0.15, 0.2) is 84.2 Å². The molecule has 40 heavy (non-hydrogen) atoms. The van der Waals surface area contributed by atoms with Crippen molar-refractivity contribution in [1.82, 2.24) is 19.9 Å². The molecule has 0 atom stereocenters. The number of likely N-dealkylation sites (tertiary alicyclic amines) is 1. The fraction of sp³-hybridized carbons (Fsp3) is 0.242. The first-order chi connectivity index (χ1) is 19.7. The molecule has 2 aliphatic rings. The van der Waals surface area contributed by atoms with Gasteiger partial charge in [0.05, 0.1) is 23.3 Å². The maximum atomic E-state index is 14.7. The van der Waals surface area contributed by atoms with Crippen molar-refractivity contribution in [2.45, 2.75) is 19.3 Å². The molecule has 7 rings (SSSR count). The number of fused-ring (bicyclic) bond motifs is 2. The molecule has 5 aromatic rings. The Bertz CT molecular complexity index is 1720. The lowest BCUT2D eigenvalue weighted by atomic mass is 9.95. The minimum Gasteiger partial charge on any atom is -0.491 e. The summed E-state index contributed by atoms with van der Waals surface area (Å²) in [6.45, 7) is 4.59. The van der Waals surface area contributed by atoms with Crippen LogP contribution in [-0.4, -0.2) is 58.3 Å². The van der Waals surface area contributed by atoms with Crippen LogP contribution in [0.3, 0.4) is 0 Å². The Kier molecular flexibility index (Phi) is 6.57. The van der Waals surface area contributed by atoms with Gasteiger partial charge in [0.2, 0.25) is 0 Å². The minimum atomic E-state index is -0.232. The van der Waals surface area contributed by atoms with Gasteiger partial charge in [-0.3, -0.25) is 19.9 Å². The number of aromatic nitrogens is 3. The number of hydrogen-bond acceptors (Lipinski definition) is 5. The highest BCUT2D eigenvalue weighted by Crippen LogP contribution is 2.33. The van der Waals surface area contributed by atoms with Crippen LogP contribution in [0.2, 0.25) is 0 Å². The number of aromatic amines is 1. The van der Waals surface area contributed by atoms with Crippen molar-refractivity contribution in [3.8, 4) is 28.1 Å². The number of nitrogens with zero attached hydrogens (tertiary/aromatic N) is 4. The third-order valence-corrected chi connectivity index (χ3v) is 7.86. The lowest BCUT2D eigenvalue weighted by Crippen LogP contribution is -2.25. The van der Waals surface area contributed by atoms with Crippen LogP contribution < -0.4 is 4.74 Å². The predicted molar refractivity (Wildman–Crippen MR) is 157 cm³/mol. The molecule has 0 saturated carbocycles. The van der Waals surface area contributed by atoms with Crippen molar-refractivity contribution in [3.05, 3.63) is 102 Å². The van der Waals surface area contributed by atoms with E-state index in [0.717, 1.165) is 82.1 Å². The summed E-state index contributed by atoms with van der Waals surface area (Å²) in [5, 5.41) is 0.967. The van der Waals surface area contributed by atoms with E-state index in [4.69, 9.17) is 14.7 Å². The van der Waals surface area contributed by atoms with Gasteiger partial charge in [-0.25, -0.2) is 4.39 Å². The fourth-order valence-electron chi connectivity index (χ4n) is 5.80. The van der Waals surface area contributed by atoms with Gasteiger partial charge < -0.3 is 9.72 Å². The topological polar surface area (TPSA) is 66.4 Å². The van der Waals surface area contributed by atoms with Crippen molar-refractivity contribution >= 4 is 16.6 Å². The summed E-state index contributed by atoms with van der Waals surface area (Å²) in [4.78, 5) is 20.1. The number of ether oxygens (including phenoxy) is 1. The van der Waals surface area contributed by atoms with Gasteiger partial charge in [-0.05, 0) is 73.8 Å². The highest BCUT2D eigenvalue weighted by Gasteiger charge is 2.21. The fourth-order valence-corrected chi connectivity index (χ4v) is 5.80. The van der Waals surface area contributed by atoms with Crippen LogP contribution in [0.4, 0.5) is 4.39 Å². The molecule has 0 unspecified atom stereocenters. The predicted octanol–water partition coefficient (Wildman–Crippen LogP) is 6.30. The molecule has 1 N–H and O–H groups in total. The van der Waals surface area contributed by atoms with E-state index < -0.39 is 0 Å². The molecule has 5 heterocycles. The second-order valence-corrected chi connectivity index (χ2v) is 10.4. The first-order valence-corrected chi connectivity index (χ1v) is 13.9. The molecule has 0 bridgehead atoms. The van der Waals surface area contributed by atoms with Gasteiger partial charge in [0, 0.05) is 53.1 Å². The first-order valence-electron chi connectivity index (χ1n) is 13.9. The summed E-state index contributed by atoms with van der Waals surface area (Å²) in [6.07, 6.45) is 8.93. The van der Waals surface area contributed by atoms with Gasteiger partial charge in [-0.1, -0.05) is 30.3 Å². The van der Waals surface area contributed by atoms with Crippen LogP contribution >= 0.6 is 0 Å². The smallest absolute Gasteiger partial charge is 0.138 e. The maximum absolute atomic E-state index is 14.7. The molecule has 2 aromatic carbocycles. The van der Waals surface area contributed by atoms with E-state index in [9.17, 15) is 4.39 Å². The van der Waals surface area contributed by atoms with Crippen molar-refractivity contribution in [2.24, 2.45) is 4.99 Å². The highest BCUT2D eigenvalue weighted by molar-refractivity contribution is 6.16. The van der Waals surface area contributed by atoms with Gasteiger partial charge >= 0.3 is 0 Å². The Morgan fingerprint density at radius 2 is 1.77 bits per heavy atom. The monoisotopic (exact) mass is 531 g/mol. The Balaban J connectivity index is 1.19. The molecule has 0 radical (unpaired) electrons. The summed E-state index contributed by atoms with van der Waals surface area (Å²) in [7, 11) is 0. The second-order valence-electron chi connectivity index (χ2n) is 10.4. The number of H-pyrrole nitrogens is 1. The van der Waals surface area contributed by atoms with E-state index in [1.54, 1.807) is 12.3 Å². The number of rotatable bonds is 7. The molecule has 7 heteroatoms. The molecule has 200 valence electrons. The van der Waals surface area contributed by atoms with E-state index in [0.29, 0.717) is 18.7 Å². The molecule has 0 spiro atoms. The highest BCUT2D eigenvalue weighted by atomic mass is 19.1. The number of halogens is 1. The molecule has 6 nitrogen and oxygen atoms in total. The summed E-state index contributed by atoms with van der Waals surface area (Å²) in [6, 6.07) is 19.0. The lowest BCUT2D eigenvalue weighted by molar-refractivity contribution is 0.237. The van der Waals surface area contributed by atoms with E-state index in [-0.39, 0.29) is 5.82 Å². The van der Waals surface area contributed by atoms with Crippen LogP contribution in [0.25, 0.3) is 33.3 Å². The van der Waals surface area contributed by atoms with Crippen LogP contribution in [0.1, 0.15) is 29.7 Å². The van der Waals surface area contributed by atoms with E-state index >= 15 is 0 Å². The maximum Gasteiger partial charge on any atom is 0.138 e. The van der Waals surface area contributed by atoms with Crippen LogP contribution in [0.5, 0.6) is 5.75 Å². The Morgan fingerprint density at radius 3 is 2.67 bits per heavy atom. The van der Waals surface area contributed by atoms with Gasteiger partial charge in [0.15, 0.2) is 0 Å². The zero-order valence-electron chi connectivity index (χ0n) is 22.2. The normalized spacial score (nSPS) is 15.3. The Labute approximate surface area is 232 Å². The average Bonchev–Trinajstić information content (AvgIpc) is 3.67. The molecule has 1 fully saturated rings. The second kappa shape index (κ2) is 10.7. The molecular formula is C33H30FN5O. The third-order valence-electron chi connectivity index (χ3n) is 7.86. The molecule has 1 saturated heterocycles. The SMILES string of the molecule is Fc1ccccc1-c1cccc2[nH]c(C3=NCCc4cnc(-c5cncc(OCCN6CCCC6)c5)cc43)cc12. The number of nitrogens with one attached hydrogen (secondary N) is 1. The van der Waals surface area contributed by atoms with Gasteiger partial charge in [-0.2, -0.15) is 0 Å².